The number of aliphatic hydroxyl groups excluding tert-OH is 1. The number of rotatable bonds is 2. The molecule has 92 valence electrons. The number of nitrogens with zero attached hydrogens (tertiary/aromatic N) is 1. The predicted octanol–water partition coefficient (Wildman–Crippen LogP) is -0.652. The molecule has 16 heavy (non-hydrogen) atoms. The first-order chi connectivity index (χ1) is 7.75. The van der Waals surface area contributed by atoms with Gasteiger partial charge < -0.3 is 15.2 Å². The molecule has 0 saturated carbocycles. The zero-order valence-corrected chi connectivity index (χ0v) is 9.52. The van der Waals surface area contributed by atoms with E-state index in [2.05, 4.69) is 10.2 Å². The van der Waals surface area contributed by atoms with E-state index in [4.69, 9.17) is 4.74 Å². The second kappa shape index (κ2) is 5.61. The zero-order chi connectivity index (χ0) is 11.4. The Hall–Kier alpha value is -0.650. The molecule has 0 spiro atoms. The van der Waals surface area contributed by atoms with Crippen molar-refractivity contribution in [3.05, 3.63) is 0 Å². The van der Waals surface area contributed by atoms with Gasteiger partial charge in [-0.2, -0.15) is 0 Å². The van der Waals surface area contributed by atoms with Crippen molar-refractivity contribution in [2.75, 3.05) is 32.8 Å². The second-order valence-corrected chi connectivity index (χ2v) is 4.57. The van der Waals surface area contributed by atoms with Crippen molar-refractivity contribution >= 4 is 5.91 Å². The molecular weight excluding hydrogens is 208 g/mol. The molecule has 2 saturated heterocycles. The van der Waals surface area contributed by atoms with Gasteiger partial charge in [-0.1, -0.05) is 0 Å². The molecule has 2 aliphatic rings. The highest BCUT2D eigenvalue weighted by atomic mass is 16.5. The van der Waals surface area contributed by atoms with Gasteiger partial charge in [0, 0.05) is 25.7 Å². The topological polar surface area (TPSA) is 61.8 Å². The van der Waals surface area contributed by atoms with Crippen LogP contribution in [0.1, 0.15) is 19.3 Å². The Morgan fingerprint density at radius 2 is 2.12 bits per heavy atom. The maximum absolute atomic E-state index is 11.5. The molecule has 2 heterocycles. The third-order valence-electron chi connectivity index (χ3n) is 3.26. The normalized spacial score (nSPS) is 33.2. The highest BCUT2D eigenvalue weighted by molar-refractivity contribution is 5.80. The van der Waals surface area contributed by atoms with Crippen molar-refractivity contribution in [3.8, 4) is 0 Å². The van der Waals surface area contributed by atoms with Gasteiger partial charge in [-0.3, -0.25) is 9.69 Å². The van der Waals surface area contributed by atoms with E-state index in [-0.39, 0.29) is 11.9 Å². The van der Waals surface area contributed by atoms with Crippen LogP contribution >= 0.6 is 0 Å². The Bertz CT molecular complexity index is 241. The van der Waals surface area contributed by atoms with Gasteiger partial charge >= 0.3 is 0 Å². The summed E-state index contributed by atoms with van der Waals surface area (Å²) in [5.41, 5.74) is 0. The molecule has 2 N–H and O–H groups in total. The molecule has 2 rings (SSSR count). The van der Waals surface area contributed by atoms with Crippen LogP contribution < -0.4 is 5.32 Å². The monoisotopic (exact) mass is 228 g/mol. The fourth-order valence-electron chi connectivity index (χ4n) is 2.29. The van der Waals surface area contributed by atoms with E-state index in [0.717, 1.165) is 45.7 Å². The van der Waals surface area contributed by atoms with Crippen LogP contribution in [-0.2, 0) is 9.53 Å². The van der Waals surface area contributed by atoms with Gasteiger partial charge in [-0.25, -0.2) is 0 Å². The largest absolute Gasteiger partial charge is 0.383 e. The van der Waals surface area contributed by atoms with Crippen molar-refractivity contribution in [2.45, 2.75) is 31.4 Å². The molecule has 5 nitrogen and oxygen atoms in total. The summed E-state index contributed by atoms with van der Waals surface area (Å²) in [4.78, 5) is 13.8. The van der Waals surface area contributed by atoms with Crippen molar-refractivity contribution in [1.29, 1.82) is 0 Å². The van der Waals surface area contributed by atoms with Gasteiger partial charge in [0.25, 0.3) is 0 Å². The molecule has 2 aliphatic heterocycles. The fraction of sp³-hybridized carbons (Fsp3) is 0.909. The summed E-state index contributed by atoms with van der Waals surface area (Å²) in [6.07, 6.45) is 1.65. The van der Waals surface area contributed by atoms with Gasteiger partial charge in [0.15, 0.2) is 0 Å². The molecule has 0 aromatic rings. The average Bonchev–Trinajstić information content (AvgIpc) is 2.43. The van der Waals surface area contributed by atoms with Crippen LogP contribution in [-0.4, -0.2) is 60.9 Å². The van der Waals surface area contributed by atoms with Crippen LogP contribution in [0.2, 0.25) is 0 Å². The molecule has 5 heteroatoms. The number of hydrogen-bond donors (Lipinski definition) is 2. The average molecular weight is 228 g/mol. The Balaban J connectivity index is 1.81. The van der Waals surface area contributed by atoms with Gasteiger partial charge in [0.1, 0.15) is 6.10 Å². The van der Waals surface area contributed by atoms with Crippen LogP contribution in [0, 0.1) is 0 Å². The molecule has 2 fully saturated rings. The van der Waals surface area contributed by atoms with Crippen LogP contribution in [0.5, 0.6) is 0 Å². The molecule has 0 aromatic heterocycles. The maximum Gasteiger partial charge on any atom is 0.249 e. The molecule has 0 aliphatic carbocycles. The van der Waals surface area contributed by atoms with E-state index in [1.807, 2.05) is 0 Å². The molecule has 2 unspecified atom stereocenters. The van der Waals surface area contributed by atoms with Crippen LogP contribution in [0.4, 0.5) is 0 Å². The number of nitrogens with one attached hydrogen (secondary N) is 1. The van der Waals surface area contributed by atoms with E-state index < -0.39 is 6.10 Å². The van der Waals surface area contributed by atoms with Crippen molar-refractivity contribution in [3.63, 3.8) is 0 Å². The lowest BCUT2D eigenvalue weighted by atomic mass is 10.1. The lowest BCUT2D eigenvalue weighted by Gasteiger charge is -2.30. The van der Waals surface area contributed by atoms with Gasteiger partial charge in [0.05, 0.1) is 13.2 Å². The minimum Gasteiger partial charge on any atom is -0.383 e. The Morgan fingerprint density at radius 1 is 1.38 bits per heavy atom. The molecule has 0 bridgehead atoms. The van der Waals surface area contributed by atoms with E-state index >= 15 is 0 Å². The quantitative estimate of drug-likeness (QED) is 0.659. The third kappa shape index (κ3) is 3.17. The first-order valence-corrected chi connectivity index (χ1v) is 6.04. The number of amides is 1. The Labute approximate surface area is 95.8 Å². The minimum absolute atomic E-state index is 0.183. The maximum atomic E-state index is 11.5. The molecule has 0 radical (unpaired) electrons. The van der Waals surface area contributed by atoms with E-state index in [0.29, 0.717) is 6.42 Å². The van der Waals surface area contributed by atoms with E-state index in [1.165, 1.54) is 0 Å². The lowest BCUT2D eigenvalue weighted by molar-refractivity contribution is -0.129. The summed E-state index contributed by atoms with van der Waals surface area (Å²) in [7, 11) is 0. The summed E-state index contributed by atoms with van der Waals surface area (Å²) < 4.78 is 5.28. The zero-order valence-electron chi connectivity index (χ0n) is 9.52. The standard InChI is InChI=1S/C11H20N2O3/c14-10-3-1-2-9(12-11(10)15)8-13-4-6-16-7-5-13/h9-10,14H,1-8H2,(H,12,15). The smallest absolute Gasteiger partial charge is 0.249 e. The molecule has 0 aromatic carbocycles. The predicted molar refractivity (Wildman–Crippen MR) is 59.0 cm³/mol. The van der Waals surface area contributed by atoms with Gasteiger partial charge in [-0.05, 0) is 19.3 Å². The van der Waals surface area contributed by atoms with Crippen LogP contribution in [0.3, 0.4) is 0 Å². The summed E-state index contributed by atoms with van der Waals surface area (Å²) in [6.45, 7) is 4.32. The third-order valence-corrected chi connectivity index (χ3v) is 3.26. The number of hydrogen-bond acceptors (Lipinski definition) is 4. The summed E-state index contributed by atoms with van der Waals surface area (Å²) in [6, 6.07) is 0.183. The van der Waals surface area contributed by atoms with E-state index in [9.17, 15) is 9.90 Å². The molecular formula is C11H20N2O3. The number of aliphatic hydroxyl groups is 1. The van der Waals surface area contributed by atoms with Crippen LogP contribution in [0.15, 0.2) is 0 Å². The highest BCUT2D eigenvalue weighted by Crippen LogP contribution is 2.11. The summed E-state index contributed by atoms with van der Waals surface area (Å²) >= 11 is 0. The summed E-state index contributed by atoms with van der Waals surface area (Å²) in [5.74, 6) is -0.212. The highest BCUT2D eigenvalue weighted by Gasteiger charge is 2.25. The first kappa shape index (κ1) is 11.8. The van der Waals surface area contributed by atoms with Gasteiger partial charge in [0.2, 0.25) is 5.91 Å². The lowest BCUT2D eigenvalue weighted by Crippen LogP contribution is -2.48. The molecule has 1 amide bonds. The second-order valence-electron chi connectivity index (χ2n) is 4.57. The Morgan fingerprint density at radius 3 is 2.88 bits per heavy atom. The molecule has 2 atom stereocenters. The number of carbonyl (C=O) groups excluding carboxylic acids is 1. The Kier molecular flexibility index (Phi) is 4.15. The fourth-order valence-corrected chi connectivity index (χ4v) is 2.29. The van der Waals surface area contributed by atoms with E-state index in [1.54, 1.807) is 0 Å². The SMILES string of the molecule is O=C1NC(CN2CCOCC2)CCCC1O. The minimum atomic E-state index is -0.810. The van der Waals surface area contributed by atoms with Crippen molar-refractivity contribution in [2.24, 2.45) is 0 Å². The number of morpholine rings is 1. The van der Waals surface area contributed by atoms with Crippen molar-refractivity contribution < 1.29 is 14.6 Å². The number of carbonyl (C=O) groups is 1. The number of ether oxygens (including phenoxy) is 1. The van der Waals surface area contributed by atoms with Crippen LogP contribution in [0.25, 0.3) is 0 Å². The van der Waals surface area contributed by atoms with Crippen molar-refractivity contribution in [1.82, 2.24) is 10.2 Å². The summed E-state index contributed by atoms with van der Waals surface area (Å²) in [5, 5.41) is 12.3. The first-order valence-electron chi connectivity index (χ1n) is 6.04. The van der Waals surface area contributed by atoms with Gasteiger partial charge in [-0.15, -0.1) is 0 Å².